The van der Waals surface area contributed by atoms with Gasteiger partial charge in [-0.3, -0.25) is 4.98 Å². The van der Waals surface area contributed by atoms with Crippen molar-refractivity contribution in [1.82, 2.24) is 34.9 Å². The van der Waals surface area contributed by atoms with E-state index in [0.29, 0.717) is 0 Å². The fraction of sp³-hybridized carbons (Fsp3) is 0. The van der Waals surface area contributed by atoms with Crippen molar-refractivity contribution >= 4 is 79.0 Å². The first-order valence-electron chi connectivity index (χ1n) is 13.2. The van der Waals surface area contributed by atoms with E-state index < -0.39 is 0 Å². The molecule has 0 saturated carbocycles. The summed E-state index contributed by atoms with van der Waals surface area (Å²) in [6, 6.07) is 16.5. The number of aromatic nitrogens is 7. The van der Waals surface area contributed by atoms with Crippen LogP contribution in [0.4, 0.5) is 0 Å². The van der Waals surface area contributed by atoms with Crippen LogP contribution in [0.2, 0.25) is 0 Å². The largest absolute Gasteiger partial charge is 0.355 e. The Morgan fingerprint density at radius 1 is 0.571 bits per heavy atom. The van der Waals surface area contributed by atoms with Crippen LogP contribution in [0.15, 0.2) is 113 Å². The molecule has 0 fully saturated rings. The maximum Gasteiger partial charge on any atom is 0.118 e. The molecule has 200 valence electrons. The van der Waals surface area contributed by atoms with Crippen molar-refractivity contribution in [1.29, 1.82) is 0 Å². The van der Waals surface area contributed by atoms with E-state index in [2.05, 4.69) is 74.5 Å². The Bertz CT molecular complexity index is 2160. The lowest BCUT2D eigenvalue weighted by Gasteiger charge is -2.05. The van der Waals surface area contributed by atoms with Gasteiger partial charge in [-0.1, -0.05) is 36.7 Å². The van der Waals surface area contributed by atoms with Gasteiger partial charge in [-0.05, 0) is 60.7 Å². The Hall–Kier alpha value is -4.99. The summed E-state index contributed by atoms with van der Waals surface area (Å²) in [5.41, 5.74) is 5.50. The summed E-state index contributed by atoms with van der Waals surface area (Å²) in [4.78, 5) is 30.3. The minimum absolute atomic E-state index is 0.831. The molecule has 4 aromatic heterocycles. The molecule has 0 aliphatic carbocycles. The average molecular weight is 580 g/mol. The Labute approximate surface area is 248 Å². The fourth-order valence-corrected chi connectivity index (χ4v) is 7.26. The molecule has 0 unspecified atom stereocenters. The molecule has 0 saturated heterocycles. The smallest absolute Gasteiger partial charge is 0.118 e. The minimum Gasteiger partial charge on any atom is -0.355 e. The van der Waals surface area contributed by atoms with Crippen LogP contribution < -0.4 is 0 Å². The predicted molar refractivity (Wildman–Crippen MR) is 172 cm³/mol. The van der Waals surface area contributed by atoms with Gasteiger partial charge in [0.1, 0.15) is 16.4 Å². The van der Waals surface area contributed by atoms with Gasteiger partial charge in [0.2, 0.25) is 0 Å². The van der Waals surface area contributed by atoms with E-state index in [4.69, 9.17) is 9.97 Å². The minimum atomic E-state index is 0.831. The normalized spacial score (nSPS) is 11.7. The summed E-state index contributed by atoms with van der Waals surface area (Å²) < 4.78 is 0. The number of hydrogen-bond donors (Lipinski definition) is 2. The van der Waals surface area contributed by atoms with Crippen molar-refractivity contribution in [3.8, 4) is 11.1 Å². The molecular weight excluding hydrogens is 559 g/mol. The van der Waals surface area contributed by atoms with Crippen molar-refractivity contribution in [2.24, 2.45) is 0 Å². The van der Waals surface area contributed by atoms with Crippen LogP contribution in [-0.2, 0) is 0 Å². The van der Waals surface area contributed by atoms with Gasteiger partial charge in [-0.15, -0.1) is 0 Å². The first-order chi connectivity index (χ1) is 20.7. The molecule has 42 heavy (non-hydrogen) atoms. The van der Waals surface area contributed by atoms with E-state index in [1.54, 1.807) is 42.0 Å². The number of hydrogen-bond acceptors (Lipinski definition) is 7. The number of rotatable bonds is 6. The number of H-pyrrole nitrogens is 2. The van der Waals surface area contributed by atoms with Crippen molar-refractivity contribution in [2.45, 2.75) is 20.1 Å². The van der Waals surface area contributed by atoms with Gasteiger partial charge < -0.3 is 9.97 Å². The molecule has 8 rings (SSSR count). The van der Waals surface area contributed by atoms with E-state index in [-0.39, 0.29) is 0 Å². The van der Waals surface area contributed by atoms with Crippen LogP contribution >= 0.6 is 23.5 Å². The Kier molecular flexibility index (Phi) is 5.80. The van der Waals surface area contributed by atoms with Gasteiger partial charge in [0, 0.05) is 68.2 Å². The van der Waals surface area contributed by atoms with Crippen molar-refractivity contribution in [3.05, 3.63) is 104 Å². The number of nitrogens with zero attached hydrogens (tertiary/aromatic N) is 5. The third-order valence-electron chi connectivity index (χ3n) is 7.38. The monoisotopic (exact) mass is 579 g/mol. The summed E-state index contributed by atoms with van der Waals surface area (Å²) in [5, 5.41) is 10.3. The molecule has 9 heteroatoms. The summed E-state index contributed by atoms with van der Waals surface area (Å²) in [6.45, 7) is 7.67. The zero-order valence-corrected chi connectivity index (χ0v) is 23.8. The maximum absolute atomic E-state index is 4.75. The molecule has 2 aliphatic rings. The number of fused-ring (bicyclic) bond motifs is 7. The van der Waals surface area contributed by atoms with E-state index in [1.165, 1.54) is 0 Å². The topological polar surface area (TPSA) is 96.0 Å². The molecule has 0 atom stereocenters. The Morgan fingerprint density at radius 3 is 1.52 bits per heavy atom. The number of aromatic amines is 2. The highest BCUT2D eigenvalue weighted by Crippen LogP contribution is 2.43. The number of pyridine rings is 2. The summed E-state index contributed by atoms with van der Waals surface area (Å²) >= 11 is 3.15. The van der Waals surface area contributed by atoms with Crippen molar-refractivity contribution in [3.63, 3.8) is 0 Å². The lowest BCUT2D eigenvalue weighted by molar-refractivity contribution is 1.06. The van der Waals surface area contributed by atoms with Gasteiger partial charge in [0.05, 0.1) is 32.5 Å². The number of nitrogens with one attached hydrogen (secondary N) is 2. The van der Waals surface area contributed by atoms with E-state index >= 15 is 0 Å². The molecule has 6 aromatic rings. The van der Waals surface area contributed by atoms with Gasteiger partial charge >= 0.3 is 0 Å². The van der Waals surface area contributed by atoms with Crippen LogP contribution in [0.25, 0.3) is 66.6 Å². The third kappa shape index (κ3) is 3.97. The zero-order chi connectivity index (χ0) is 28.2. The van der Waals surface area contributed by atoms with Crippen molar-refractivity contribution in [2.75, 3.05) is 0 Å². The van der Waals surface area contributed by atoms with Gasteiger partial charge in [0.25, 0.3) is 0 Å². The molecule has 7 nitrogen and oxygen atoms in total. The van der Waals surface area contributed by atoms with Crippen LogP contribution in [0.5, 0.6) is 0 Å². The fourth-order valence-electron chi connectivity index (χ4n) is 5.31. The third-order valence-corrected chi connectivity index (χ3v) is 9.50. The Morgan fingerprint density at radius 2 is 1.05 bits per heavy atom. The highest BCUT2D eigenvalue weighted by atomic mass is 32.2. The second-order valence-corrected chi connectivity index (χ2v) is 11.7. The van der Waals surface area contributed by atoms with Crippen LogP contribution in [0.3, 0.4) is 0 Å². The lowest BCUT2D eigenvalue weighted by Crippen LogP contribution is -1.84. The van der Waals surface area contributed by atoms with Crippen LogP contribution in [0, 0.1) is 0 Å². The average Bonchev–Trinajstić information content (AvgIpc) is 3.76. The Balaban J connectivity index is 1.14. The van der Waals surface area contributed by atoms with Gasteiger partial charge in [0.15, 0.2) is 0 Å². The summed E-state index contributed by atoms with van der Waals surface area (Å²) in [6.07, 6.45) is 13.0. The second kappa shape index (κ2) is 9.83. The summed E-state index contributed by atoms with van der Waals surface area (Å²) in [7, 11) is 0. The highest BCUT2D eigenvalue weighted by Gasteiger charge is 2.20. The summed E-state index contributed by atoms with van der Waals surface area (Å²) in [5.74, 6) is 0. The molecule has 2 aromatic carbocycles. The van der Waals surface area contributed by atoms with Gasteiger partial charge in [-0.2, -0.15) is 0 Å². The highest BCUT2D eigenvalue weighted by molar-refractivity contribution is 8.00. The lowest BCUT2D eigenvalue weighted by atomic mass is 10.1. The first-order valence-corrected chi connectivity index (χ1v) is 14.8. The molecule has 0 spiro atoms. The maximum atomic E-state index is 4.75. The molecule has 6 heterocycles. The SMILES string of the molecule is C=Cc1ccc2c(ccc3c(Sc4ncnc(Sc5[nH]cc6c5ccc5nc(C=C)ccc56)c5cncc4-5)[nH]cc32)n1. The van der Waals surface area contributed by atoms with E-state index in [0.717, 1.165) is 86.0 Å². The van der Waals surface area contributed by atoms with E-state index in [1.807, 2.05) is 36.9 Å². The van der Waals surface area contributed by atoms with Crippen molar-refractivity contribution < 1.29 is 0 Å². The predicted octanol–water partition coefficient (Wildman–Crippen LogP) is 8.62. The molecular formula is C33H21N7S2. The second-order valence-electron chi connectivity index (χ2n) is 9.73. The quantitative estimate of drug-likeness (QED) is 0.204. The zero-order valence-electron chi connectivity index (χ0n) is 22.1. The molecule has 0 bridgehead atoms. The number of benzene rings is 2. The molecule has 0 radical (unpaired) electrons. The van der Waals surface area contributed by atoms with Crippen LogP contribution in [-0.4, -0.2) is 34.9 Å². The molecule has 0 amide bonds. The van der Waals surface area contributed by atoms with E-state index in [9.17, 15) is 0 Å². The standard InChI is InChI=1S/C33H21N7S2/c1-3-18-5-7-20-24-15-35-30(22(24)9-11-28(20)39-18)41-32-26-13-34-14-27(26)33(38-17-37-32)42-31-23-10-12-29-21(25(23)16-36-31)8-6-19(4-2)40-29/h3-17,35-36H,1-2H2. The molecule has 2 aliphatic heterocycles. The first kappa shape index (κ1) is 24.8. The molecule has 2 N–H and O–H groups in total. The van der Waals surface area contributed by atoms with Crippen LogP contribution in [0.1, 0.15) is 11.4 Å². The van der Waals surface area contributed by atoms with Gasteiger partial charge in [-0.25, -0.2) is 19.9 Å².